The van der Waals surface area contributed by atoms with Gasteiger partial charge in [0, 0.05) is 19.9 Å². The molecule has 0 spiro atoms. The van der Waals surface area contributed by atoms with E-state index >= 15 is 0 Å². The molecule has 10 N–H and O–H groups in total. The lowest BCUT2D eigenvalue weighted by atomic mass is 9.76. The maximum Gasteiger partial charge on any atom is 0.246 e. The molecule has 0 bridgehead atoms. The highest BCUT2D eigenvalue weighted by molar-refractivity contribution is 5.97. The molecule has 42 heavy (non-hydrogen) atoms. The number of carbonyl (C=O) groups excluding carboxylic acids is 5. The normalized spacial score (nSPS) is 20.2. The molecule has 0 heterocycles. The second-order valence-corrected chi connectivity index (χ2v) is 11.0. The molecule has 1 aromatic rings. The van der Waals surface area contributed by atoms with Crippen molar-refractivity contribution in [1.82, 2.24) is 21.3 Å². The summed E-state index contributed by atoms with van der Waals surface area (Å²) in [6, 6.07) is 6.11. The number of benzene rings is 1. The molecule has 13 heteroatoms. The largest absolute Gasteiger partial charge is 0.370 e. The number of nitrogens with one attached hydrogen (secondary N) is 4. The zero-order valence-corrected chi connectivity index (χ0v) is 24.8. The number of primary amides is 1. The molecule has 0 radical (unpaired) electrons. The highest BCUT2D eigenvalue weighted by atomic mass is 16.2. The Morgan fingerprint density at radius 3 is 2.07 bits per heavy atom. The van der Waals surface area contributed by atoms with Crippen LogP contribution in [0.3, 0.4) is 0 Å². The highest BCUT2D eigenvalue weighted by Gasteiger charge is 2.43. The molecular weight excluding hydrogens is 540 g/mol. The van der Waals surface area contributed by atoms with Gasteiger partial charge < -0.3 is 38.5 Å². The Kier molecular flexibility index (Phi) is 13.2. The summed E-state index contributed by atoms with van der Waals surface area (Å²) in [5.41, 5.74) is 15.8. The molecule has 3 unspecified atom stereocenters. The van der Waals surface area contributed by atoms with Crippen LogP contribution in [0.1, 0.15) is 71.3 Å². The maximum atomic E-state index is 13.7. The zero-order valence-electron chi connectivity index (χ0n) is 24.8. The Hall–Kier alpha value is -4.16. The standard InChI is InChI=1S/C29H46N8O5/c1-4-21(24(30)39)34-25(40)22(11-8-16-33-28(31)32)35-26(41)23(17-20-9-6-5-7-10-20)36-27(42)29(37-19(3)38)14-12-18(2)13-15-29/h5-7,9-10,18,21-23H,4,8,11-17H2,1-3H3,(H2,30,39)(H,34,40)(H,35,41)(H,36,42)(H,37,38)(H4,31,32,33). The van der Waals surface area contributed by atoms with Crippen LogP contribution in [0.2, 0.25) is 0 Å². The first-order valence-corrected chi connectivity index (χ1v) is 14.5. The third-order valence-electron chi connectivity index (χ3n) is 7.53. The summed E-state index contributed by atoms with van der Waals surface area (Å²) in [6.07, 6.45) is 3.31. The minimum Gasteiger partial charge on any atom is -0.370 e. The van der Waals surface area contributed by atoms with Crippen molar-refractivity contribution in [2.75, 3.05) is 6.54 Å². The SMILES string of the molecule is CCC(NC(=O)C(CCCN=C(N)N)NC(=O)C(Cc1ccccc1)NC(=O)C1(NC(C)=O)CCC(C)CC1)C(N)=O. The van der Waals surface area contributed by atoms with Crippen molar-refractivity contribution in [2.45, 2.75) is 95.8 Å². The van der Waals surface area contributed by atoms with Crippen molar-refractivity contribution in [3.8, 4) is 0 Å². The first-order chi connectivity index (χ1) is 19.9. The second kappa shape index (κ2) is 16.3. The van der Waals surface area contributed by atoms with Crippen LogP contribution in [0.5, 0.6) is 0 Å². The van der Waals surface area contributed by atoms with Gasteiger partial charge in [0.1, 0.15) is 23.7 Å². The topological polar surface area (TPSA) is 224 Å². The van der Waals surface area contributed by atoms with Crippen molar-refractivity contribution in [2.24, 2.45) is 28.1 Å². The monoisotopic (exact) mass is 586 g/mol. The highest BCUT2D eigenvalue weighted by Crippen LogP contribution is 2.32. The van der Waals surface area contributed by atoms with E-state index in [0.717, 1.165) is 18.4 Å². The van der Waals surface area contributed by atoms with E-state index in [9.17, 15) is 24.0 Å². The molecule has 0 saturated heterocycles. The van der Waals surface area contributed by atoms with Gasteiger partial charge in [0.15, 0.2) is 5.96 Å². The van der Waals surface area contributed by atoms with E-state index < -0.39 is 47.3 Å². The summed E-state index contributed by atoms with van der Waals surface area (Å²) in [5, 5.41) is 11.0. The molecule has 1 aliphatic rings. The number of rotatable bonds is 15. The number of amides is 5. The lowest BCUT2D eigenvalue weighted by Crippen LogP contribution is -2.64. The maximum absolute atomic E-state index is 13.7. The first-order valence-electron chi connectivity index (χ1n) is 14.5. The number of guanidine groups is 1. The van der Waals surface area contributed by atoms with E-state index in [1.165, 1.54) is 6.92 Å². The van der Waals surface area contributed by atoms with E-state index in [4.69, 9.17) is 17.2 Å². The molecule has 1 aromatic carbocycles. The molecular formula is C29H46N8O5. The van der Waals surface area contributed by atoms with Gasteiger partial charge in [-0.05, 0) is 56.4 Å². The number of carbonyl (C=O) groups is 5. The molecule has 1 saturated carbocycles. The van der Waals surface area contributed by atoms with Crippen LogP contribution in [0.25, 0.3) is 0 Å². The Morgan fingerprint density at radius 1 is 0.929 bits per heavy atom. The summed E-state index contributed by atoms with van der Waals surface area (Å²) in [6.45, 7) is 5.38. The van der Waals surface area contributed by atoms with Crippen molar-refractivity contribution in [1.29, 1.82) is 0 Å². The molecule has 5 amide bonds. The fourth-order valence-corrected chi connectivity index (χ4v) is 5.05. The van der Waals surface area contributed by atoms with Crippen LogP contribution >= 0.6 is 0 Å². The number of nitrogens with zero attached hydrogens (tertiary/aromatic N) is 1. The summed E-state index contributed by atoms with van der Waals surface area (Å²) >= 11 is 0. The van der Waals surface area contributed by atoms with Crippen LogP contribution in [-0.4, -0.2) is 65.7 Å². The molecule has 0 aliphatic heterocycles. The van der Waals surface area contributed by atoms with Gasteiger partial charge >= 0.3 is 0 Å². The van der Waals surface area contributed by atoms with E-state index in [1.807, 2.05) is 30.3 Å². The van der Waals surface area contributed by atoms with Crippen molar-refractivity contribution in [3.05, 3.63) is 35.9 Å². The van der Waals surface area contributed by atoms with Gasteiger partial charge in [-0.15, -0.1) is 0 Å². The number of hydrogen-bond donors (Lipinski definition) is 7. The van der Waals surface area contributed by atoms with Gasteiger partial charge in [0.25, 0.3) is 0 Å². The van der Waals surface area contributed by atoms with Crippen LogP contribution in [0, 0.1) is 5.92 Å². The number of nitrogens with two attached hydrogens (primary N) is 3. The average molecular weight is 587 g/mol. The number of aliphatic imine (C=N–C) groups is 1. The second-order valence-electron chi connectivity index (χ2n) is 11.0. The van der Waals surface area contributed by atoms with Gasteiger partial charge in [0.2, 0.25) is 29.5 Å². The summed E-state index contributed by atoms with van der Waals surface area (Å²) in [5.74, 6) is -2.36. The van der Waals surface area contributed by atoms with Crippen molar-refractivity contribution in [3.63, 3.8) is 0 Å². The van der Waals surface area contributed by atoms with Gasteiger partial charge in [-0.1, -0.05) is 44.2 Å². The quantitative estimate of drug-likeness (QED) is 0.0825. The summed E-state index contributed by atoms with van der Waals surface area (Å²) in [4.78, 5) is 68.4. The fraction of sp³-hybridized carbons (Fsp3) is 0.586. The molecule has 13 nitrogen and oxygen atoms in total. The van der Waals surface area contributed by atoms with Gasteiger partial charge in [-0.25, -0.2) is 0 Å². The van der Waals surface area contributed by atoms with Gasteiger partial charge in [0.05, 0.1) is 0 Å². The molecule has 3 atom stereocenters. The number of hydrogen-bond acceptors (Lipinski definition) is 6. The molecule has 0 aromatic heterocycles. The van der Waals surface area contributed by atoms with E-state index in [0.29, 0.717) is 25.2 Å². The molecule has 1 aliphatic carbocycles. The lowest BCUT2D eigenvalue weighted by Gasteiger charge is -2.39. The van der Waals surface area contributed by atoms with Crippen LogP contribution < -0.4 is 38.5 Å². The Labute approximate surface area is 247 Å². The zero-order chi connectivity index (χ0) is 31.3. The third kappa shape index (κ3) is 10.7. The Balaban J connectivity index is 2.32. The summed E-state index contributed by atoms with van der Waals surface area (Å²) < 4.78 is 0. The minimum atomic E-state index is -1.14. The lowest BCUT2D eigenvalue weighted by molar-refractivity contribution is -0.138. The average Bonchev–Trinajstić information content (AvgIpc) is 2.94. The minimum absolute atomic E-state index is 0.101. The summed E-state index contributed by atoms with van der Waals surface area (Å²) in [7, 11) is 0. The van der Waals surface area contributed by atoms with Crippen molar-refractivity contribution < 1.29 is 24.0 Å². The smallest absolute Gasteiger partial charge is 0.246 e. The van der Waals surface area contributed by atoms with E-state index in [1.54, 1.807) is 6.92 Å². The van der Waals surface area contributed by atoms with Crippen LogP contribution in [-0.2, 0) is 30.4 Å². The van der Waals surface area contributed by atoms with E-state index in [2.05, 4.69) is 33.2 Å². The van der Waals surface area contributed by atoms with Crippen LogP contribution in [0.4, 0.5) is 0 Å². The predicted molar refractivity (Wildman–Crippen MR) is 160 cm³/mol. The van der Waals surface area contributed by atoms with Crippen LogP contribution in [0.15, 0.2) is 35.3 Å². The van der Waals surface area contributed by atoms with Crippen molar-refractivity contribution >= 4 is 35.5 Å². The van der Waals surface area contributed by atoms with Gasteiger partial charge in [-0.3, -0.25) is 29.0 Å². The molecule has 2 rings (SSSR count). The fourth-order valence-electron chi connectivity index (χ4n) is 5.05. The first kappa shape index (κ1) is 34.0. The predicted octanol–water partition coefficient (Wildman–Crippen LogP) is -0.283. The van der Waals surface area contributed by atoms with Gasteiger partial charge in [-0.2, -0.15) is 0 Å². The third-order valence-corrected chi connectivity index (χ3v) is 7.53. The Bertz CT molecular complexity index is 1110. The Morgan fingerprint density at radius 2 is 1.52 bits per heavy atom. The van der Waals surface area contributed by atoms with E-state index in [-0.39, 0.29) is 37.7 Å². The molecule has 1 fully saturated rings. The molecule has 232 valence electrons.